The van der Waals surface area contributed by atoms with Crippen molar-refractivity contribution in [2.24, 2.45) is 0 Å². The Morgan fingerprint density at radius 2 is 0.962 bits per heavy atom. The maximum absolute atomic E-state index is 10.8. The van der Waals surface area contributed by atoms with Crippen molar-refractivity contribution in [2.75, 3.05) is 0 Å². The molecule has 0 aromatic heterocycles. The minimum absolute atomic E-state index is 0. The summed E-state index contributed by atoms with van der Waals surface area (Å²) in [4.78, 5) is -2.11. The Hall–Kier alpha value is 1.51. The maximum Gasteiger partial charge on any atom is 1.00 e. The Morgan fingerprint density at radius 3 is 1.23 bits per heavy atom. The van der Waals surface area contributed by atoms with Crippen molar-refractivity contribution < 1.29 is 69.5 Å². The minimum Gasteiger partial charge on any atom is -0.746 e. The van der Waals surface area contributed by atoms with Crippen molar-refractivity contribution in [3.8, 4) is 0 Å². The molecule has 6 heteroatoms. The summed E-state index contributed by atoms with van der Waals surface area (Å²) in [5.74, 6) is 0. The van der Waals surface area contributed by atoms with E-state index in [0.29, 0.717) is 6.42 Å². The van der Waals surface area contributed by atoms with E-state index in [2.05, 4.69) is 6.92 Å². The van der Waals surface area contributed by atoms with Crippen LogP contribution in [0.15, 0.2) is 0 Å². The van der Waals surface area contributed by atoms with Gasteiger partial charge in [-0.3, -0.25) is 0 Å². The van der Waals surface area contributed by atoms with Crippen LogP contribution in [0.1, 0.15) is 123 Å². The second-order valence-electron chi connectivity index (χ2n) is 7.68. The van der Waals surface area contributed by atoms with Gasteiger partial charge in [0.1, 0.15) is 10.1 Å². The molecule has 0 rings (SSSR count). The molecule has 0 amide bonds. The molecule has 152 valence electrons. The van der Waals surface area contributed by atoms with Gasteiger partial charge in [-0.1, -0.05) is 103 Å². The van der Waals surface area contributed by atoms with E-state index in [0.717, 1.165) is 26.2 Å². The third-order valence-corrected chi connectivity index (χ3v) is 6.31. The molecule has 0 radical (unpaired) electrons. The number of rotatable bonds is 18. The summed E-state index contributed by atoms with van der Waals surface area (Å²) in [7, 11) is -4.62. The van der Waals surface area contributed by atoms with E-state index in [1.807, 2.05) is 0 Å². The molecule has 1 N–H and O–H groups in total. The van der Waals surface area contributed by atoms with Crippen molar-refractivity contribution in [3.05, 3.63) is 0 Å². The van der Waals surface area contributed by atoms with Crippen LogP contribution in [0.3, 0.4) is 0 Å². The van der Waals surface area contributed by atoms with Crippen molar-refractivity contribution in [1.29, 1.82) is 0 Å². The van der Waals surface area contributed by atoms with E-state index in [1.165, 1.54) is 77.0 Å². The minimum atomic E-state index is -4.62. The topological polar surface area (TPSA) is 77.4 Å². The van der Waals surface area contributed by atoms with Gasteiger partial charge in [0.15, 0.2) is 4.93 Å². The molecule has 0 aromatic carbocycles. The molecule has 0 aliphatic carbocycles. The molecule has 0 aliphatic rings. The fourth-order valence-electron chi connectivity index (χ4n) is 3.13. The first-order valence-electron chi connectivity index (χ1n) is 10.5. The van der Waals surface area contributed by atoms with E-state index in [4.69, 9.17) is 0 Å². The van der Waals surface area contributed by atoms with E-state index in [1.54, 1.807) is 0 Å². The zero-order valence-corrected chi connectivity index (χ0v) is 21.5. The monoisotopic (exact) mass is 416 g/mol. The fraction of sp³-hybridized carbons (Fsp3) is 1.00. The molecule has 26 heavy (non-hydrogen) atoms. The van der Waals surface area contributed by atoms with Gasteiger partial charge in [-0.05, 0) is 19.8 Å². The van der Waals surface area contributed by atoms with Crippen molar-refractivity contribution >= 4 is 10.1 Å². The van der Waals surface area contributed by atoms with E-state index in [9.17, 15) is 18.1 Å². The van der Waals surface area contributed by atoms with Crippen molar-refractivity contribution in [2.45, 2.75) is 128 Å². The molecule has 1 atom stereocenters. The van der Waals surface area contributed by atoms with Crippen LogP contribution in [0.25, 0.3) is 0 Å². The Morgan fingerprint density at radius 1 is 0.692 bits per heavy atom. The van der Waals surface area contributed by atoms with Crippen molar-refractivity contribution in [3.63, 3.8) is 0 Å². The molecular formula is C20H41KO4S. The molecule has 0 bridgehead atoms. The Kier molecular flexibility index (Phi) is 21.2. The largest absolute Gasteiger partial charge is 1.00 e. The Balaban J connectivity index is 0. The molecule has 0 saturated heterocycles. The van der Waals surface area contributed by atoms with Gasteiger partial charge in [-0.25, -0.2) is 8.42 Å². The van der Waals surface area contributed by atoms with Crippen LogP contribution >= 0.6 is 0 Å². The zero-order chi connectivity index (χ0) is 19.0. The second-order valence-corrected chi connectivity index (χ2v) is 9.47. The molecule has 0 saturated carbocycles. The Labute approximate surface area is 205 Å². The maximum atomic E-state index is 10.8. The molecule has 0 fully saturated rings. The molecular weight excluding hydrogens is 375 g/mol. The van der Waals surface area contributed by atoms with Gasteiger partial charge in [0.05, 0.1) is 0 Å². The van der Waals surface area contributed by atoms with Crippen LogP contribution < -0.4 is 51.4 Å². The summed E-state index contributed by atoms with van der Waals surface area (Å²) < 4.78 is 32.5. The van der Waals surface area contributed by atoms with Gasteiger partial charge in [-0.15, -0.1) is 0 Å². The number of unbranched alkanes of at least 4 members (excludes halogenated alkanes) is 15. The predicted molar refractivity (Wildman–Crippen MR) is 104 cm³/mol. The van der Waals surface area contributed by atoms with Gasteiger partial charge < -0.3 is 9.66 Å². The van der Waals surface area contributed by atoms with E-state index < -0.39 is 15.1 Å². The first-order valence-corrected chi connectivity index (χ1v) is 11.9. The van der Waals surface area contributed by atoms with Crippen LogP contribution in [-0.2, 0) is 10.1 Å². The quantitative estimate of drug-likeness (QED) is 0.212. The standard InChI is InChI=1S/C20H42O4S.K/c1-3-4-5-6-7-8-9-10-11-12-13-14-15-16-17-18-19-20(2,21)25(22,23)24;/h21H,3-19H2,1-2H3,(H,22,23,24);/q;+1/p-1. The average Bonchev–Trinajstić information content (AvgIpc) is 2.53. The van der Waals surface area contributed by atoms with Gasteiger partial charge in [0, 0.05) is 0 Å². The molecule has 0 heterocycles. The number of aliphatic hydroxyl groups is 1. The third kappa shape index (κ3) is 17.6. The molecule has 0 aromatic rings. The SMILES string of the molecule is CCCCCCCCCCCCCCCCCCC(C)(O)S(=O)(=O)[O-].[K+]. The smallest absolute Gasteiger partial charge is 0.746 e. The normalized spacial score (nSPS) is 14.0. The van der Waals surface area contributed by atoms with Crippen LogP contribution in [0.5, 0.6) is 0 Å². The average molecular weight is 417 g/mol. The summed E-state index contributed by atoms with van der Waals surface area (Å²) in [6.45, 7) is 3.35. The second kappa shape index (κ2) is 18.5. The summed E-state index contributed by atoms with van der Waals surface area (Å²) >= 11 is 0. The molecule has 4 nitrogen and oxygen atoms in total. The van der Waals surface area contributed by atoms with Gasteiger partial charge in [0.25, 0.3) is 0 Å². The van der Waals surface area contributed by atoms with Crippen LogP contribution in [0.4, 0.5) is 0 Å². The van der Waals surface area contributed by atoms with Crippen LogP contribution in [0.2, 0.25) is 0 Å². The first-order chi connectivity index (χ1) is 11.8. The van der Waals surface area contributed by atoms with Crippen LogP contribution in [0, 0.1) is 0 Å². The first kappa shape index (κ1) is 29.7. The van der Waals surface area contributed by atoms with E-state index >= 15 is 0 Å². The summed E-state index contributed by atoms with van der Waals surface area (Å²) in [5, 5.41) is 9.57. The predicted octanol–water partition coefficient (Wildman–Crippen LogP) is 2.90. The van der Waals surface area contributed by atoms with Gasteiger partial charge in [0.2, 0.25) is 0 Å². The zero-order valence-electron chi connectivity index (χ0n) is 17.6. The van der Waals surface area contributed by atoms with Crippen molar-refractivity contribution in [1.82, 2.24) is 0 Å². The molecule has 0 spiro atoms. The summed E-state index contributed by atoms with van der Waals surface area (Å²) in [5.41, 5.74) is 0. The molecule has 1 unspecified atom stereocenters. The summed E-state index contributed by atoms with van der Waals surface area (Å²) in [6.07, 6.45) is 20.0. The van der Waals surface area contributed by atoms with Gasteiger partial charge >= 0.3 is 51.4 Å². The number of hydrogen-bond donors (Lipinski definition) is 1. The third-order valence-electron chi connectivity index (χ3n) is 5.03. The Bertz CT molecular complexity index is 397. The van der Waals surface area contributed by atoms with Crippen LogP contribution in [-0.4, -0.2) is 23.0 Å². The van der Waals surface area contributed by atoms with E-state index in [-0.39, 0.29) is 57.8 Å². The molecule has 0 aliphatic heterocycles. The fourth-order valence-corrected chi connectivity index (χ4v) is 3.52. The van der Waals surface area contributed by atoms with Gasteiger partial charge in [-0.2, -0.15) is 0 Å². The number of hydrogen-bond acceptors (Lipinski definition) is 4. The summed E-state index contributed by atoms with van der Waals surface area (Å²) in [6, 6.07) is 0.